The molecule has 23 heavy (non-hydrogen) atoms. The zero-order chi connectivity index (χ0) is 16.7. The number of aryl methyl sites for hydroxylation is 1. The number of carbonyl (C=O) groups is 1. The van der Waals surface area contributed by atoms with Crippen molar-refractivity contribution in [3.8, 4) is 5.75 Å². The van der Waals surface area contributed by atoms with Gasteiger partial charge in [-0.25, -0.2) is 4.79 Å². The number of piperidine rings is 1. The second kappa shape index (κ2) is 8.77. The number of rotatable bonds is 6. The van der Waals surface area contributed by atoms with Gasteiger partial charge in [0.2, 0.25) is 0 Å². The number of nitrogens with zero attached hydrogens (tertiary/aromatic N) is 2. The van der Waals surface area contributed by atoms with Gasteiger partial charge < -0.3 is 19.9 Å². The summed E-state index contributed by atoms with van der Waals surface area (Å²) < 4.78 is 5.90. The molecule has 2 rings (SSSR count). The Morgan fingerprint density at radius 2 is 2.26 bits per heavy atom. The lowest BCUT2D eigenvalue weighted by Crippen LogP contribution is -2.47. The highest BCUT2D eigenvalue weighted by molar-refractivity contribution is 5.74. The fourth-order valence-corrected chi connectivity index (χ4v) is 2.80. The summed E-state index contributed by atoms with van der Waals surface area (Å²) in [7, 11) is 4.01. The number of urea groups is 1. The molecule has 0 aliphatic carbocycles. The molecule has 1 fully saturated rings. The van der Waals surface area contributed by atoms with E-state index in [4.69, 9.17) is 4.74 Å². The van der Waals surface area contributed by atoms with Crippen LogP contribution in [-0.4, -0.2) is 62.7 Å². The topological polar surface area (TPSA) is 44.8 Å². The summed E-state index contributed by atoms with van der Waals surface area (Å²) in [5.74, 6) is 1.32. The van der Waals surface area contributed by atoms with Crippen molar-refractivity contribution in [2.24, 2.45) is 5.92 Å². The van der Waals surface area contributed by atoms with Gasteiger partial charge in [0, 0.05) is 32.1 Å². The maximum Gasteiger partial charge on any atom is 0.317 e. The Morgan fingerprint density at radius 1 is 1.43 bits per heavy atom. The van der Waals surface area contributed by atoms with Gasteiger partial charge in [0.25, 0.3) is 0 Å². The molecule has 1 aromatic carbocycles. The molecule has 0 saturated carbocycles. The van der Waals surface area contributed by atoms with Gasteiger partial charge in [-0.05, 0) is 51.6 Å². The molecule has 5 nitrogen and oxygen atoms in total. The van der Waals surface area contributed by atoms with Crippen LogP contribution in [0.3, 0.4) is 0 Å². The maximum atomic E-state index is 12.2. The SMILES string of the molecule is Cc1cccc(OC[C@H]2CCCN(C(=O)NCCN(C)C)C2)c1. The number of benzene rings is 1. The Morgan fingerprint density at radius 3 is 3.00 bits per heavy atom. The van der Waals surface area contributed by atoms with Crippen LogP contribution in [0.2, 0.25) is 0 Å². The average molecular weight is 319 g/mol. The van der Waals surface area contributed by atoms with E-state index >= 15 is 0 Å². The van der Waals surface area contributed by atoms with E-state index in [1.807, 2.05) is 31.1 Å². The van der Waals surface area contributed by atoms with Gasteiger partial charge in [-0.2, -0.15) is 0 Å². The highest BCUT2D eigenvalue weighted by atomic mass is 16.5. The molecule has 1 heterocycles. The first kappa shape index (κ1) is 17.6. The van der Waals surface area contributed by atoms with E-state index in [0.29, 0.717) is 19.1 Å². The summed E-state index contributed by atoms with van der Waals surface area (Å²) in [5, 5.41) is 2.99. The summed E-state index contributed by atoms with van der Waals surface area (Å²) in [6.07, 6.45) is 2.16. The quantitative estimate of drug-likeness (QED) is 0.875. The molecule has 0 bridgehead atoms. The summed E-state index contributed by atoms with van der Waals surface area (Å²) in [6, 6.07) is 8.16. The Kier molecular flexibility index (Phi) is 6.71. The van der Waals surface area contributed by atoms with Crippen LogP contribution in [0.25, 0.3) is 0 Å². The lowest BCUT2D eigenvalue weighted by atomic mass is 9.99. The monoisotopic (exact) mass is 319 g/mol. The first-order valence-corrected chi connectivity index (χ1v) is 8.41. The van der Waals surface area contributed by atoms with Gasteiger partial charge in [-0.15, -0.1) is 0 Å². The van der Waals surface area contributed by atoms with E-state index in [2.05, 4.69) is 29.3 Å². The number of hydrogen-bond acceptors (Lipinski definition) is 3. The molecule has 0 spiro atoms. The Balaban J connectivity index is 1.75. The summed E-state index contributed by atoms with van der Waals surface area (Å²) in [4.78, 5) is 16.2. The van der Waals surface area contributed by atoms with E-state index in [1.165, 1.54) is 5.56 Å². The third kappa shape index (κ3) is 6.10. The standard InChI is InChI=1S/C18H29N3O2/c1-15-6-4-8-17(12-15)23-14-16-7-5-10-21(13-16)18(22)19-9-11-20(2)3/h4,6,8,12,16H,5,7,9-11,13-14H2,1-3H3,(H,19,22)/t16-/m0/s1. The second-order valence-electron chi connectivity index (χ2n) is 6.62. The van der Waals surface area contributed by atoms with Crippen LogP contribution < -0.4 is 10.1 Å². The summed E-state index contributed by atoms with van der Waals surface area (Å²) >= 11 is 0. The van der Waals surface area contributed by atoms with E-state index in [9.17, 15) is 4.79 Å². The van der Waals surface area contributed by atoms with Crippen molar-refractivity contribution >= 4 is 6.03 Å². The Bertz CT molecular complexity index is 505. The first-order valence-electron chi connectivity index (χ1n) is 8.41. The highest BCUT2D eigenvalue weighted by Gasteiger charge is 2.23. The molecule has 1 N–H and O–H groups in total. The average Bonchev–Trinajstić information content (AvgIpc) is 2.53. The molecule has 0 aromatic heterocycles. The van der Waals surface area contributed by atoms with Gasteiger partial charge in [0.05, 0.1) is 6.61 Å². The second-order valence-corrected chi connectivity index (χ2v) is 6.62. The number of likely N-dealkylation sites (N-methyl/N-ethyl adjacent to an activating group) is 1. The minimum atomic E-state index is 0.0482. The van der Waals surface area contributed by atoms with Gasteiger partial charge >= 0.3 is 6.03 Å². The van der Waals surface area contributed by atoms with Gasteiger partial charge in [0.15, 0.2) is 0 Å². The number of ether oxygens (including phenoxy) is 1. The van der Waals surface area contributed by atoms with Crippen molar-refractivity contribution in [2.45, 2.75) is 19.8 Å². The lowest BCUT2D eigenvalue weighted by molar-refractivity contribution is 0.137. The maximum absolute atomic E-state index is 12.2. The van der Waals surface area contributed by atoms with Crippen LogP contribution in [0.15, 0.2) is 24.3 Å². The van der Waals surface area contributed by atoms with Crippen molar-refractivity contribution in [3.63, 3.8) is 0 Å². The fraction of sp³-hybridized carbons (Fsp3) is 0.611. The molecule has 2 amide bonds. The largest absolute Gasteiger partial charge is 0.493 e. The van der Waals surface area contributed by atoms with Gasteiger partial charge in [0.1, 0.15) is 5.75 Å². The number of hydrogen-bond donors (Lipinski definition) is 1. The zero-order valence-corrected chi connectivity index (χ0v) is 14.5. The van der Waals surface area contributed by atoms with E-state index in [1.54, 1.807) is 0 Å². The fourth-order valence-electron chi connectivity index (χ4n) is 2.80. The van der Waals surface area contributed by atoms with Crippen LogP contribution in [0.4, 0.5) is 4.79 Å². The smallest absolute Gasteiger partial charge is 0.317 e. The minimum absolute atomic E-state index is 0.0482. The van der Waals surface area contributed by atoms with E-state index in [0.717, 1.165) is 38.2 Å². The third-order valence-electron chi connectivity index (χ3n) is 4.12. The minimum Gasteiger partial charge on any atom is -0.493 e. The van der Waals surface area contributed by atoms with Crippen LogP contribution in [-0.2, 0) is 0 Å². The van der Waals surface area contributed by atoms with Crippen molar-refractivity contribution in [2.75, 3.05) is 46.9 Å². The number of carbonyl (C=O) groups excluding carboxylic acids is 1. The molecule has 1 atom stereocenters. The first-order chi connectivity index (χ1) is 11.0. The molecule has 1 aliphatic heterocycles. The number of amides is 2. The number of likely N-dealkylation sites (tertiary alicyclic amines) is 1. The predicted molar refractivity (Wildman–Crippen MR) is 92.9 cm³/mol. The molecule has 128 valence electrons. The highest BCUT2D eigenvalue weighted by Crippen LogP contribution is 2.19. The van der Waals surface area contributed by atoms with Gasteiger partial charge in [-0.3, -0.25) is 0 Å². The summed E-state index contributed by atoms with van der Waals surface area (Å²) in [5.41, 5.74) is 1.20. The Hall–Kier alpha value is -1.75. The van der Waals surface area contributed by atoms with E-state index < -0.39 is 0 Å². The van der Waals surface area contributed by atoms with Crippen LogP contribution in [0, 0.1) is 12.8 Å². The molecular weight excluding hydrogens is 290 g/mol. The molecular formula is C18H29N3O2. The van der Waals surface area contributed by atoms with Crippen LogP contribution in [0.1, 0.15) is 18.4 Å². The molecule has 1 aliphatic rings. The number of nitrogens with one attached hydrogen (secondary N) is 1. The molecule has 0 radical (unpaired) electrons. The van der Waals surface area contributed by atoms with Crippen molar-refractivity contribution < 1.29 is 9.53 Å². The molecule has 1 aromatic rings. The third-order valence-corrected chi connectivity index (χ3v) is 4.12. The summed E-state index contributed by atoms with van der Waals surface area (Å²) in [6.45, 7) is 5.90. The van der Waals surface area contributed by atoms with Crippen molar-refractivity contribution in [1.29, 1.82) is 0 Å². The van der Waals surface area contributed by atoms with Crippen molar-refractivity contribution in [3.05, 3.63) is 29.8 Å². The normalized spacial score (nSPS) is 18.1. The molecule has 0 unspecified atom stereocenters. The zero-order valence-electron chi connectivity index (χ0n) is 14.5. The van der Waals surface area contributed by atoms with Crippen molar-refractivity contribution in [1.82, 2.24) is 15.1 Å². The van der Waals surface area contributed by atoms with Gasteiger partial charge in [-0.1, -0.05) is 12.1 Å². The van der Waals surface area contributed by atoms with Crippen LogP contribution >= 0.6 is 0 Å². The van der Waals surface area contributed by atoms with Crippen LogP contribution in [0.5, 0.6) is 5.75 Å². The predicted octanol–water partition coefficient (Wildman–Crippen LogP) is 2.36. The lowest BCUT2D eigenvalue weighted by Gasteiger charge is -2.32. The molecule has 5 heteroatoms. The van der Waals surface area contributed by atoms with E-state index in [-0.39, 0.29) is 6.03 Å². The Labute approximate surface area is 139 Å². The molecule has 1 saturated heterocycles.